The van der Waals surface area contributed by atoms with Gasteiger partial charge in [-0.15, -0.1) is 11.8 Å². The van der Waals surface area contributed by atoms with E-state index in [4.69, 9.17) is 0 Å². The van der Waals surface area contributed by atoms with E-state index in [1.54, 1.807) is 6.21 Å². The molecule has 0 fully saturated rings. The zero-order valence-electron chi connectivity index (χ0n) is 14.7. The summed E-state index contributed by atoms with van der Waals surface area (Å²) in [4.78, 5) is 12.9. The van der Waals surface area contributed by atoms with Crippen molar-refractivity contribution in [3.05, 3.63) is 65.2 Å². The van der Waals surface area contributed by atoms with Crippen LogP contribution in [0.3, 0.4) is 0 Å². The van der Waals surface area contributed by atoms with Gasteiger partial charge in [-0.2, -0.15) is 5.10 Å². The quantitative estimate of drug-likeness (QED) is 0.493. The molecule has 0 aromatic heterocycles. The first kappa shape index (κ1) is 18.3. The fourth-order valence-electron chi connectivity index (χ4n) is 2.06. The lowest BCUT2D eigenvalue weighted by Crippen LogP contribution is -2.19. The fourth-order valence-corrected chi connectivity index (χ4v) is 2.75. The molecule has 0 aliphatic carbocycles. The molecular weight excluding hydrogens is 316 g/mol. The molecule has 24 heavy (non-hydrogen) atoms. The summed E-state index contributed by atoms with van der Waals surface area (Å²) < 4.78 is 0. The minimum Gasteiger partial charge on any atom is -0.272 e. The first-order valence-corrected chi connectivity index (χ1v) is 8.95. The Morgan fingerprint density at radius 2 is 1.71 bits per heavy atom. The number of hydrogen-bond donors (Lipinski definition) is 1. The molecule has 126 valence electrons. The molecule has 4 heteroatoms. The molecule has 0 aliphatic rings. The zero-order valence-corrected chi connectivity index (χ0v) is 15.5. The van der Waals surface area contributed by atoms with E-state index in [0.29, 0.717) is 5.75 Å². The van der Waals surface area contributed by atoms with Crippen LogP contribution >= 0.6 is 11.8 Å². The number of thioether (sulfide) groups is 1. The molecule has 0 unspecified atom stereocenters. The van der Waals surface area contributed by atoms with Gasteiger partial charge in [-0.3, -0.25) is 4.79 Å². The molecule has 0 atom stereocenters. The average Bonchev–Trinajstić information content (AvgIpc) is 2.54. The van der Waals surface area contributed by atoms with Crippen molar-refractivity contribution in [1.29, 1.82) is 0 Å². The maximum absolute atomic E-state index is 11.8. The predicted octanol–water partition coefficient (Wildman–Crippen LogP) is 4.53. The second kappa shape index (κ2) is 8.15. The van der Waals surface area contributed by atoms with Crippen molar-refractivity contribution in [3.8, 4) is 0 Å². The van der Waals surface area contributed by atoms with E-state index in [0.717, 1.165) is 10.5 Å². The van der Waals surface area contributed by atoms with Gasteiger partial charge in [-0.25, -0.2) is 5.43 Å². The Labute approximate surface area is 148 Å². The molecule has 2 aromatic rings. The monoisotopic (exact) mass is 340 g/mol. The highest BCUT2D eigenvalue weighted by molar-refractivity contribution is 8.00. The van der Waals surface area contributed by atoms with Crippen LogP contribution in [0.15, 0.2) is 58.5 Å². The van der Waals surface area contributed by atoms with Crippen molar-refractivity contribution in [2.24, 2.45) is 5.10 Å². The summed E-state index contributed by atoms with van der Waals surface area (Å²) in [5.41, 5.74) is 6.16. The van der Waals surface area contributed by atoms with Crippen molar-refractivity contribution in [2.75, 3.05) is 5.75 Å². The second-order valence-electron chi connectivity index (χ2n) is 6.77. The lowest BCUT2D eigenvalue weighted by atomic mass is 9.87. The van der Waals surface area contributed by atoms with Crippen molar-refractivity contribution in [1.82, 2.24) is 5.43 Å². The number of carbonyl (C=O) groups is 1. The maximum atomic E-state index is 11.8. The van der Waals surface area contributed by atoms with Gasteiger partial charge in [0, 0.05) is 4.90 Å². The van der Waals surface area contributed by atoms with Gasteiger partial charge >= 0.3 is 0 Å². The highest BCUT2D eigenvalue weighted by Crippen LogP contribution is 2.21. The molecule has 0 aliphatic heterocycles. The van der Waals surface area contributed by atoms with Crippen LogP contribution in [0, 0.1) is 6.92 Å². The average molecular weight is 340 g/mol. The maximum Gasteiger partial charge on any atom is 0.250 e. The first-order chi connectivity index (χ1) is 11.3. The summed E-state index contributed by atoms with van der Waals surface area (Å²) >= 11 is 1.50. The van der Waals surface area contributed by atoms with E-state index < -0.39 is 0 Å². The molecule has 0 spiro atoms. The molecule has 0 saturated carbocycles. The number of aryl methyl sites for hydroxylation is 1. The minimum atomic E-state index is -0.108. The number of amides is 1. The van der Waals surface area contributed by atoms with Crippen LogP contribution in [0.2, 0.25) is 0 Å². The Bertz CT molecular complexity index is 698. The SMILES string of the molecule is Cc1ccc(SCC(=O)N/N=C/c2ccc(C(C)(C)C)cc2)cc1. The molecule has 0 heterocycles. The van der Waals surface area contributed by atoms with Gasteiger partial charge in [0.1, 0.15) is 0 Å². The summed E-state index contributed by atoms with van der Waals surface area (Å²) in [6.45, 7) is 8.59. The van der Waals surface area contributed by atoms with Gasteiger partial charge in [0.25, 0.3) is 0 Å². The van der Waals surface area contributed by atoms with E-state index >= 15 is 0 Å². The van der Waals surface area contributed by atoms with Crippen molar-refractivity contribution in [2.45, 2.75) is 38.0 Å². The third kappa shape index (κ3) is 5.85. The highest BCUT2D eigenvalue weighted by Gasteiger charge is 2.12. The van der Waals surface area contributed by atoms with Crippen molar-refractivity contribution < 1.29 is 4.79 Å². The number of hydrogen-bond acceptors (Lipinski definition) is 3. The topological polar surface area (TPSA) is 41.5 Å². The van der Waals surface area contributed by atoms with Gasteiger partial charge in [0.2, 0.25) is 5.91 Å². The fraction of sp³-hybridized carbons (Fsp3) is 0.300. The Balaban J connectivity index is 1.80. The van der Waals surface area contributed by atoms with E-state index in [1.165, 1.54) is 22.9 Å². The normalized spacial score (nSPS) is 11.7. The van der Waals surface area contributed by atoms with Crippen LogP contribution in [-0.2, 0) is 10.2 Å². The summed E-state index contributed by atoms with van der Waals surface area (Å²) in [7, 11) is 0. The summed E-state index contributed by atoms with van der Waals surface area (Å²) in [6, 6.07) is 16.3. The van der Waals surface area contributed by atoms with E-state index in [9.17, 15) is 4.79 Å². The zero-order chi connectivity index (χ0) is 17.6. The van der Waals surface area contributed by atoms with Crippen LogP contribution in [-0.4, -0.2) is 17.9 Å². The van der Waals surface area contributed by atoms with Crippen molar-refractivity contribution >= 4 is 23.9 Å². The van der Waals surface area contributed by atoms with Crippen molar-refractivity contribution in [3.63, 3.8) is 0 Å². The summed E-state index contributed by atoms with van der Waals surface area (Å²) in [6.07, 6.45) is 1.67. The lowest BCUT2D eigenvalue weighted by molar-refractivity contribution is -0.118. The summed E-state index contributed by atoms with van der Waals surface area (Å²) in [5, 5.41) is 4.02. The van der Waals surface area contributed by atoms with Gasteiger partial charge in [-0.05, 0) is 35.6 Å². The Hall–Kier alpha value is -2.07. The van der Waals surface area contributed by atoms with E-state index in [-0.39, 0.29) is 11.3 Å². The number of nitrogens with zero attached hydrogens (tertiary/aromatic N) is 1. The Kier molecular flexibility index (Phi) is 6.21. The van der Waals surface area contributed by atoms with Gasteiger partial charge < -0.3 is 0 Å². The number of benzene rings is 2. The summed E-state index contributed by atoms with van der Waals surface area (Å²) in [5.74, 6) is 0.242. The standard InChI is InChI=1S/C20H24N2OS/c1-15-5-11-18(12-6-15)24-14-19(23)22-21-13-16-7-9-17(10-8-16)20(2,3)4/h5-13H,14H2,1-4H3,(H,22,23)/b21-13+. The third-order valence-electron chi connectivity index (χ3n) is 3.57. The van der Waals surface area contributed by atoms with Gasteiger partial charge in [-0.1, -0.05) is 62.7 Å². The smallest absolute Gasteiger partial charge is 0.250 e. The van der Waals surface area contributed by atoms with Crippen LogP contribution in [0.4, 0.5) is 0 Å². The molecule has 2 aromatic carbocycles. The lowest BCUT2D eigenvalue weighted by Gasteiger charge is -2.18. The number of carbonyl (C=O) groups excluding carboxylic acids is 1. The molecule has 1 amide bonds. The number of hydrazone groups is 1. The molecule has 2 rings (SSSR count). The Morgan fingerprint density at radius 3 is 2.29 bits per heavy atom. The molecule has 3 nitrogen and oxygen atoms in total. The van der Waals surface area contributed by atoms with E-state index in [2.05, 4.69) is 43.4 Å². The van der Waals surface area contributed by atoms with Crippen LogP contribution < -0.4 is 5.43 Å². The van der Waals surface area contributed by atoms with Gasteiger partial charge in [0.05, 0.1) is 12.0 Å². The molecule has 0 radical (unpaired) electrons. The highest BCUT2D eigenvalue weighted by atomic mass is 32.2. The Morgan fingerprint density at radius 1 is 1.08 bits per heavy atom. The van der Waals surface area contributed by atoms with Crippen LogP contribution in [0.1, 0.15) is 37.5 Å². The number of rotatable bonds is 5. The molecule has 0 saturated heterocycles. The largest absolute Gasteiger partial charge is 0.272 e. The third-order valence-corrected chi connectivity index (χ3v) is 4.58. The first-order valence-electron chi connectivity index (χ1n) is 7.96. The predicted molar refractivity (Wildman–Crippen MR) is 103 cm³/mol. The molecule has 0 bridgehead atoms. The second-order valence-corrected chi connectivity index (χ2v) is 7.82. The minimum absolute atomic E-state index is 0.108. The van der Waals surface area contributed by atoms with E-state index in [1.807, 2.05) is 43.3 Å². The van der Waals surface area contributed by atoms with Gasteiger partial charge in [0.15, 0.2) is 0 Å². The molecular formula is C20H24N2OS. The van der Waals surface area contributed by atoms with Crippen LogP contribution in [0.25, 0.3) is 0 Å². The number of nitrogens with one attached hydrogen (secondary N) is 1. The molecule has 1 N–H and O–H groups in total. The van der Waals surface area contributed by atoms with Crippen LogP contribution in [0.5, 0.6) is 0 Å².